The second-order valence-electron chi connectivity index (χ2n) is 8.26. The van der Waals surface area contributed by atoms with Gasteiger partial charge in [0.15, 0.2) is 0 Å². The Kier molecular flexibility index (Phi) is 4.93. The Hall–Kier alpha value is -2.54. The average Bonchev–Trinajstić information content (AvgIpc) is 3.11. The number of amides is 1. The Morgan fingerprint density at radius 2 is 2.03 bits per heavy atom. The van der Waals surface area contributed by atoms with E-state index in [1.807, 2.05) is 6.92 Å². The van der Waals surface area contributed by atoms with Crippen LogP contribution in [0.15, 0.2) is 23.3 Å². The molecule has 5 rings (SSSR count). The molecule has 0 N–H and O–H groups in total. The van der Waals surface area contributed by atoms with Crippen LogP contribution in [0.5, 0.6) is 0 Å². The molecule has 5 nitrogen and oxygen atoms in total. The van der Waals surface area contributed by atoms with Crippen molar-refractivity contribution in [2.24, 2.45) is 0 Å². The molecule has 0 saturated carbocycles. The molecule has 7 heteroatoms. The Morgan fingerprint density at radius 1 is 1.20 bits per heavy atom. The first-order valence-corrected chi connectivity index (χ1v) is 11.4. The second-order valence-corrected chi connectivity index (χ2v) is 9.35. The molecule has 1 amide bonds. The second kappa shape index (κ2) is 7.61. The Labute approximate surface area is 178 Å². The molecule has 3 aromatic rings. The van der Waals surface area contributed by atoms with Gasteiger partial charge in [0.2, 0.25) is 5.91 Å². The van der Waals surface area contributed by atoms with Crippen LogP contribution in [0.1, 0.15) is 47.3 Å². The summed E-state index contributed by atoms with van der Waals surface area (Å²) in [5.41, 5.74) is 3.63. The van der Waals surface area contributed by atoms with E-state index in [0.29, 0.717) is 13.1 Å². The molecule has 0 spiro atoms. The maximum absolute atomic E-state index is 13.8. The zero-order chi connectivity index (χ0) is 20.8. The van der Waals surface area contributed by atoms with E-state index in [4.69, 9.17) is 0 Å². The number of nitrogens with zero attached hydrogens (tertiary/aromatic N) is 3. The fraction of sp³-hybridized carbons (Fsp3) is 0.435. The van der Waals surface area contributed by atoms with Crippen molar-refractivity contribution in [3.8, 4) is 0 Å². The summed E-state index contributed by atoms with van der Waals surface area (Å²) in [4.78, 5) is 34.5. The molecule has 0 atom stereocenters. The maximum atomic E-state index is 13.8. The first kappa shape index (κ1) is 19.4. The van der Waals surface area contributed by atoms with Crippen LogP contribution < -0.4 is 10.5 Å². The Balaban J connectivity index is 1.40. The molecule has 30 heavy (non-hydrogen) atoms. The molecule has 1 aliphatic heterocycles. The molecule has 0 unspecified atom stereocenters. The third kappa shape index (κ3) is 3.25. The van der Waals surface area contributed by atoms with Gasteiger partial charge in [-0.25, -0.2) is 9.37 Å². The standard InChI is InChI=1S/C23H24FN3O2S/c1-14-11-16(24)12-15-5-4-9-27(21(14)15)19(28)8-10-26-13-25-22-20(23(26)29)17-6-2-3-7-18(17)30-22/h11-13H,2-10H2,1H3. The lowest BCUT2D eigenvalue weighted by Crippen LogP contribution is -2.37. The van der Waals surface area contributed by atoms with E-state index < -0.39 is 0 Å². The molecule has 0 radical (unpaired) electrons. The predicted octanol–water partition coefficient (Wildman–Crippen LogP) is 4.15. The van der Waals surface area contributed by atoms with Gasteiger partial charge in [0.05, 0.1) is 11.7 Å². The van der Waals surface area contributed by atoms with Gasteiger partial charge in [-0.1, -0.05) is 0 Å². The third-order valence-electron chi connectivity index (χ3n) is 6.25. The van der Waals surface area contributed by atoms with Crippen molar-refractivity contribution in [2.45, 2.75) is 58.4 Å². The summed E-state index contributed by atoms with van der Waals surface area (Å²) in [5, 5.41) is 0.749. The molecule has 0 saturated heterocycles. The van der Waals surface area contributed by atoms with E-state index in [-0.39, 0.29) is 23.7 Å². The van der Waals surface area contributed by atoms with Crippen molar-refractivity contribution < 1.29 is 9.18 Å². The van der Waals surface area contributed by atoms with Gasteiger partial charge in [-0.2, -0.15) is 0 Å². The Morgan fingerprint density at radius 3 is 2.90 bits per heavy atom. The molecular formula is C23H24FN3O2S. The zero-order valence-corrected chi connectivity index (χ0v) is 17.9. The van der Waals surface area contributed by atoms with Crippen molar-refractivity contribution in [3.05, 3.63) is 56.2 Å². The van der Waals surface area contributed by atoms with Crippen LogP contribution in [0, 0.1) is 12.7 Å². The van der Waals surface area contributed by atoms with Gasteiger partial charge in [-0.3, -0.25) is 14.2 Å². The quantitative estimate of drug-likeness (QED) is 0.633. The summed E-state index contributed by atoms with van der Waals surface area (Å²) in [6.45, 7) is 2.77. The third-order valence-corrected chi connectivity index (χ3v) is 7.45. The van der Waals surface area contributed by atoms with E-state index in [0.717, 1.165) is 59.1 Å². The minimum absolute atomic E-state index is 0.0370. The molecule has 1 aliphatic carbocycles. The molecule has 0 bridgehead atoms. The van der Waals surface area contributed by atoms with Gasteiger partial charge in [-0.15, -0.1) is 11.3 Å². The number of aryl methyl sites for hydroxylation is 5. The van der Waals surface area contributed by atoms with Gasteiger partial charge in [-0.05, 0) is 74.3 Å². The van der Waals surface area contributed by atoms with Crippen LogP contribution in [0.3, 0.4) is 0 Å². The number of hydrogen-bond donors (Lipinski definition) is 0. The molecule has 2 aromatic heterocycles. The molecule has 2 aliphatic rings. The minimum Gasteiger partial charge on any atom is -0.312 e. The topological polar surface area (TPSA) is 55.2 Å². The van der Waals surface area contributed by atoms with Crippen LogP contribution in [-0.4, -0.2) is 22.0 Å². The average molecular weight is 426 g/mol. The number of carbonyl (C=O) groups excluding carboxylic acids is 1. The number of fused-ring (bicyclic) bond motifs is 4. The highest BCUT2D eigenvalue weighted by Crippen LogP contribution is 2.34. The first-order valence-electron chi connectivity index (χ1n) is 10.6. The molecule has 3 heterocycles. The largest absolute Gasteiger partial charge is 0.312 e. The molecule has 1 aromatic carbocycles. The molecule has 156 valence electrons. The van der Waals surface area contributed by atoms with E-state index >= 15 is 0 Å². The van der Waals surface area contributed by atoms with Crippen LogP contribution in [0.2, 0.25) is 0 Å². The number of benzene rings is 1. The fourth-order valence-electron chi connectivity index (χ4n) is 4.86. The SMILES string of the molecule is Cc1cc(F)cc2c1N(C(=O)CCn1cnc3sc4c(c3c1=O)CCCC4)CCC2. The van der Waals surface area contributed by atoms with E-state index in [1.54, 1.807) is 27.1 Å². The highest BCUT2D eigenvalue weighted by Gasteiger charge is 2.25. The maximum Gasteiger partial charge on any atom is 0.262 e. The summed E-state index contributed by atoms with van der Waals surface area (Å²) >= 11 is 1.63. The van der Waals surface area contributed by atoms with E-state index in [9.17, 15) is 14.0 Å². The summed E-state index contributed by atoms with van der Waals surface area (Å²) < 4.78 is 15.3. The fourth-order valence-corrected chi connectivity index (χ4v) is 6.08. The lowest BCUT2D eigenvalue weighted by Gasteiger charge is -2.31. The highest BCUT2D eigenvalue weighted by molar-refractivity contribution is 7.18. The number of halogens is 1. The van der Waals surface area contributed by atoms with Crippen LogP contribution >= 0.6 is 11.3 Å². The smallest absolute Gasteiger partial charge is 0.262 e. The van der Waals surface area contributed by atoms with Gasteiger partial charge in [0, 0.05) is 30.1 Å². The number of rotatable bonds is 3. The van der Waals surface area contributed by atoms with Crippen molar-refractivity contribution >= 4 is 33.1 Å². The number of thiophene rings is 1. The molecular weight excluding hydrogens is 401 g/mol. The zero-order valence-electron chi connectivity index (χ0n) is 17.0. The van der Waals surface area contributed by atoms with Crippen LogP contribution in [0.4, 0.5) is 10.1 Å². The van der Waals surface area contributed by atoms with Crippen LogP contribution in [-0.2, 0) is 30.6 Å². The summed E-state index contributed by atoms with van der Waals surface area (Å²) in [6, 6.07) is 3.01. The van der Waals surface area contributed by atoms with Crippen molar-refractivity contribution in [1.82, 2.24) is 9.55 Å². The van der Waals surface area contributed by atoms with Crippen molar-refractivity contribution in [3.63, 3.8) is 0 Å². The summed E-state index contributed by atoms with van der Waals surface area (Å²) in [5.74, 6) is -0.296. The highest BCUT2D eigenvalue weighted by atomic mass is 32.1. The summed E-state index contributed by atoms with van der Waals surface area (Å²) in [7, 11) is 0. The van der Waals surface area contributed by atoms with Gasteiger partial charge >= 0.3 is 0 Å². The van der Waals surface area contributed by atoms with Gasteiger partial charge in [0.1, 0.15) is 10.6 Å². The normalized spacial score (nSPS) is 15.9. The van der Waals surface area contributed by atoms with Crippen molar-refractivity contribution in [2.75, 3.05) is 11.4 Å². The predicted molar refractivity (Wildman–Crippen MR) is 117 cm³/mol. The first-order chi connectivity index (χ1) is 14.5. The number of carbonyl (C=O) groups is 1. The lowest BCUT2D eigenvalue weighted by atomic mass is 9.97. The van der Waals surface area contributed by atoms with E-state index in [1.165, 1.54) is 29.0 Å². The monoisotopic (exact) mass is 425 g/mol. The number of anilines is 1. The lowest BCUT2D eigenvalue weighted by molar-refractivity contribution is -0.118. The molecule has 0 fully saturated rings. The van der Waals surface area contributed by atoms with Gasteiger partial charge in [0.25, 0.3) is 5.56 Å². The van der Waals surface area contributed by atoms with Crippen LogP contribution in [0.25, 0.3) is 10.2 Å². The minimum atomic E-state index is -0.259. The van der Waals surface area contributed by atoms with Crippen molar-refractivity contribution in [1.29, 1.82) is 0 Å². The number of hydrogen-bond acceptors (Lipinski definition) is 4. The number of aromatic nitrogens is 2. The summed E-state index contributed by atoms with van der Waals surface area (Å²) in [6.07, 6.45) is 7.64. The Bertz CT molecular complexity index is 1210. The van der Waals surface area contributed by atoms with E-state index in [2.05, 4.69) is 4.98 Å². The van der Waals surface area contributed by atoms with Gasteiger partial charge < -0.3 is 4.90 Å².